The molecule has 8 heteroatoms. The molecule has 0 saturated heterocycles. The predicted octanol–water partition coefficient (Wildman–Crippen LogP) is 0.494. The van der Waals surface area contributed by atoms with E-state index < -0.39 is 10.0 Å². The molecular weight excluding hydrogens is 242 g/mol. The number of hydrogen-bond donors (Lipinski definition) is 1. The van der Waals surface area contributed by atoms with Gasteiger partial charge in [0.15, 0.2) is 5.82 Å². The highest BCUT2D eigenvalue weighted by molar-refractivity contribution is 7.92. The SMILES string of the molecule is CCn1cc(S(=O)(=O)Nc2cnccn2)cn1. The summed E-state index contributed by atoms with van der Waals surface area (Å²) in [5, 5.41) is 3.90. The Morgan fingerprint density at radius 2 is 2.18 bits per heavy atom. The Hall–Kier alpha value is -1.96. The summed E-state index contributed by atoms with van der Waals surface area (Å²) in [7, 11) is -3.64. The molecule has 2 aromatic heterocycles. The summed E-state index contributed by atoms with van der Waals surface area (Å²) in [6.07, 6.45) is 6.96. The van der Waals surface area contributed by atoms with Crippen LogP contribution in [0.5, 0.6) is 0 Å². The van der Waals surface area contributed by atoms with E-state index in [9.17, 15) is 8.42 Å². The lowest BCUT2D eigenvalue weighted by atomic mass is 10.7. The molecule has 0 aliphatic rings. The molecule has 17 heavy (non-hydrogen) atoms. The van der Waals surface area contributed by atoms with Crippen molar-refractivity contribution in [1.82, 2.24) is 19.7 Å². The molecule has 1 N–H and O–H groups in total. The average Bonchev–Trinajstić information content (AvgIpc) is 2.79. The van der Waals surface area contributed by atoms with Gasteiger partial charge in [-0.3, -0.25) is 14.4 Å². The zero-order valence-electron chi connectivity index (χ0n) is 9.11. The first-order valence-electron chi connectivity index (χ1n) is 4.93. The fourth-order valence-corrected chi connectivity index (χ4v) is 2.15. The van der Waals surface area contributed by atoms with Gasteiger partial charge in [-0.05, 0) is 6.92 Å². The van der Waals surface area contributed by atoms with Crippen LogP contribution < -0.4 is 4.72 Å². The Bertz CT molecular complexity index is 593. The summed E-state index contributed by atoms with van der Waals surface area (Å²) >= 11 is 0. The van der Waals surface area contributed by atoms with Crippen LogP contribution in [0.1, 0.15) is 6.92 Å². The quantitative estimate of drug-likeness (QED) is 0.856. The van der Waals surface area contributed by atoms with Crippen LogP contribution in [0, 0.1) is 0 Å². The maximum Gasteiger partial charge on any atom is 0.266 e. The molecule has 2 aromatic rings. The van der Waals surface area contributed by atoms with E-state index >= 15 is 0 Å². The average molecular weight is 253 g/mol. The minimum atomic E-state index is -3.64. The van der Waals surface area contributed by atoms with Crippen LogP contribution >= 0.6 is 0 Å². The van der Waals surface area contributed by atoms with Crippen LogP contribution in [-0.4, -0.2) is 28.2 Å². The van der Waals surface area contributed by atoms with Gasteiger partial charge in [-0.15, -0.1) is 0 Å². The van der Waals surface area contributed by atoms with Gasteiger partial charge >= 0.3 is 0 Å². The molecule has 0 aliphatic carbocycles. The molecule has 0 fully saturated rings. The van der Waals surface area contributed by atoms with Gasteiger partial charge in [0.25, 0.3) is 10.0 Å². The fourth-order valence-electron chi connectivity index (χ4n) is 1.20. The zero-order chi connectivity index (χ0) is 12.3. The van der Waals surface area contributed by atoms with Gasteiger partial charge in [0.05, 0.1) is 12.4 Å². The molecule has 0 atom stereocenters. The van der Waals surface area contributed by atoms with Crippen LogP contribution in [0.15, 0.2) is 35.9 Å². The first-order valence-corrected chi connectivity index (χ1v) is 6.41. The Kier molecular flexibility index (Phi) is 3.05. The van der Waals surface area contributed by atoms with Crippen molar-refractivity contribution in [3.63, 3.8) is 0 Å². The van der Waals surface area contributed by atoms with E-state index in [1.54, 1.807) is 0 Å². The molecule has 0 aliphatic heterocycles. The molecule has 0 bridgehead atoms. The van der Waals surface area contributed by atoms with Crippen molar-refractivity contribution in [1.29, 1.82) is 0 Å². The summed E-state index contributed by atoms with van der Waals surface area (Å²) in [5.74, 6) is 0.178. The van der Waals surface area contributed by atoms with Crippen LogP contribution in [0.3, 0.4) is 0 Å². The molecule has 0 unspecified atom stereocenters. The van der Waals surface area contributed by atoms with Gasteiger partial charge in [0.2, 0.25) is 0 Å². The normalized spacial score (nSPS) is 11.4. The number of hydrogen-bond acceptors (Lipinski definition) is 5. The second-order valence-corrected chi connectivity index (χ2v) is 4.91. The minimum absolute atomic E-state index is 0.102. The number of anilines is 1. The number of nitrogens with zero attached hydrogens (tertiary/aromatic N) is 4. The highest BCUT2D eigenvalue weighted by Gasteiger charge is 2.16. The van der Waals surface area contributed by atoms with Gasteiger partial charge in [-0.25, -0.2) is 13.4 Å². The second kappa shape index (κ2) is 4.50. The van der Waals surface area contributed by atoms with Crippen molar-refractivity contribution in [2.75, 3.05) is 4.72 Å². The molecule has 0 radical (unpaired) electrons. The minimum Gasteiger partial charge on any atom is -0.272 e. The Morgan fingerprint density at radius 3 is 2.76 bits per heavy atom. The molecule has 7 nitrogen and oxygen atoms in total. The highest BCUT2D eigenvalue weighted by Crippen LogP contribution is 2.12. The van der Waals surface area contributed by atoms with E-state index in [0.29, 0.717) is 6.54 Å². The summed E-state index contributed by atoms with van der Waals surface area (Å²) in [4.78, 5) is 7.71. The number of rotatable bonds is 4. The van der Waals surface area contributed by atoms with Crippen molar-refractivity contribution in [2.45, 2.75) is 18.4 Å². The van der Waals surface area contributed by atoms with E-state index in [0.717, 1.165) is 0 Å². The van der Waals surface area contributed by atoms with E-state index in [4.69, 9.17) is 0 Å². The smallest absolute Gasteiger partial charge is 0.266 e. The van der Waals surface area contributed by atoms with Crippen molar-refractivity contribution in [3.8, 4) is 0 Å². The molecule has 0 spiro atoms. The first kappa shape index (κ1) is 11.5. The van der Waals surface area contributed by atoms with Gasteiger partial charge in [0, 0.05) is 25.1 Å². The van der Waals surface area contributed by atoms with Gasteiger partial charge in [-0.1, -0.05) is 0 Å². The summed E-state index contributed by atoms with van der Waals surface area (Å²) < 4.78 is 27.6. The topological polar surface area (TPSA) is 89.8 Å². The lowest BCUT2D eigenvalue weighted by Crippen LogP contribution is -2.13. The van der Waals surface area contributed by atoms with Crippen molar-refractivity contribution >= 4 is 15.8 Å². The molecule has 0 amide bonds. The standard InChI is InChI=1S/C9H11N5O2S/c1-2-14-7-8(5-12-14)17(15,16)13-9-6-10-3-4-11-9/h3-7H,2H2,1H3,(H,11,13). The Balaban J connectivity index is 2.25. The van der Waals surface area contributed by atoms with E-state index in [1.807, 2.05) is 6.92 Å². The van der Waals surface area contributed by atoms with Gasteiger partial charge in [0.1, 0.15) is 4.90 Å². The third-order valence-corrected chi connectivity index (χ3v) is 3.36. The maximum atomic E-state index is 11.9. The summed E-state index contributed by atoms with van der Waals surface area (Å²) in [6.45, 7) is 2.49. The van der Waals surface area contributed by atoms with Crippen molar-refractivity contribution in [3.05, 3.63) is 31.0 Å². The molecule has 2 rings (SSSR count). The summed E-state index contributed by atoms with van der Waals surface area (Å²) in [5.41, 5.74) is 0. The lowest BCUT2D eigenvalue weighted by molar-refractivity contribution is 0.600. The third kappa shape index (κ3) is 2.59. The van der Waals surface area contributed by atoms with E-state index in [-0.39, 0.29) is 10.7 Å². The molecule has 2 heterocycles. The van der Waals surface area contributed by atoms with Crippen LogP contribution in [0.4, 0.5) is 5.82 Å². The summed E-state index contributed by atoms with van der Waals surface area (Å²) in [6, 6.07) is 0. The Labute approximate surface area is 98.6 Å². The van der Waals surface area contributed by atoms with E-state index in [1.165, 1.54) is 35.7 Å². The Morgan fingerprint density at radius 1 is 1.35 bits per heavy atom. The molecule has 90 valence electrons. The third-order valence-electron chi connectivity index (χ3n) is 2.05. The number of nitrogens with one attached hydrogen (secondary N) is 1. The van der Waals surface area contributed by atoms with Gasteiger partial charge < -0.3 is 0 Å². The van der Waals surface area contributed by atoms with Gasteiger partial charge in [-0.2, -0.15) is 5.10 Å². The predicted molar refractivity (Wildman–Crippen MR) is 60.7 cm³/mol. The molecule has 0 aromatic carbocycles. The number of aryl methyl sites for hydroxylation is 1. The lowest BCUT2D eigenvalue weighted by Gasteiger charge is -2.03. The highest BCUT2D eigenvalue weighted by atomic mass is 32.2. The fraction of sp³-hybridized carbons (Fsp3) is 0.222. The maximum absolute atomic E-state index is 11.9. The van der Waals surface area contributed by atoms with Crippen molar-refractivity contribution < 1.29 is 8.42 Å². The van der Waals surface area contributed by atoms with Crippen LogP contribution in [-0.2, 0) is 16.6 Å². The second-order valence-electron chi connectivity index (χ2n) is 3.23. The monoisotopic (exact) mass is 253 g/mol. The number of sulfonamides is 1. The number of aromatic nitrogens is 4. The van der Waals surface area contributed by atoms with Crippen LogP contribution in [0.2, 0.25) is 0 Å². The zero-order valence-corrected chi connectivity index (χ0v) is 9.92. The van der Waals surface area contributed by atoms with E-state index in [2.05, 4.69) is 19.8 Å². The molecule has 0 saturated carbocycles. The molecular formula is C9H11N5O2S. The van der Waals surface area contributed by atoms with Crippen LogP contribution in [0.25, 0.3) is 0 Å². The largest absolute Gasteiger partial charge is 0.272 e. The first-order chi connectivity index (χ1) is 8.12. The van der Waals surface area contributed by atoms with Crippen molar-refractivity contribution in [2.24, 2.45) is 0 Å².